The summed E-state index contributed by atoms with van der Waals surface area (Å²) in [5.41, 5.74) is 1.71. The molecule has 1 aliphatic heterocycles. The highest BCUT2D eigenvalue weighted by atomic mass is 16.6. The van der Waals surface area contributed by atoms with E-state index in [-0.39, 0.29) is 17.3 Å². The summed E-state index contributed by atoms with van der Waals surface area (Å²) in [5.74, 6) is -0.406. The smallest absolute Gasteiger partial charge is 0.317 e. The maximum absolute atomic E-state index is 12.3. The maximum Gasteiger partial charge on any atom is 0.317 e. The summed E-state index contributed by atoms with van der Waals surface area (Å²) < 4.78 is 0. The number of anilines is 2. The van der Waals surface area contributed by atoms with Crippen molar-refractivity contribution in [1.82, 2.24) is 10.2 Å². The molecule has 29 heavy (non-hydrogen) atoms. The molecule has 0 radical (unpaired) electrons. The van der Waals surface area contributed by atoms with Crippen LogP contribution in [-0.2, 0) is 0 Å². The van der Waals surface area contributed by atoms with Crippen molar-refractivity contribution in [1.29, 1.82) is 0 Å². The third kappa shape index (κ3) is 5.01. The van der Waals surface area contributed by atoms with Gasteiger partial charge in [0.05, 0.1) is 4.92 Å². The van der Waals surface area contributed by atoms with Crippen LogP contribution in [0, 0.1) is 10.1 Å². The fourth-order valence-electron chi connectivity index (χ4n) is 3.15. The van der Waals surface area contributed by atoms with Crippen LogP contribution in [0.2, 0.25) is 0 Å². The number of benzene rings is 2. The molecule has 2 aromatic rings. The van der Waals surface area contributed by atoms with Crippen LogP contribution in [-0.4, -0.2) is 54.5 Å². The van der Waals surface area contributed by atoms with Crippen molar-refractivity contribution in [2.75, 3.05) is 42.9 Å². The molecule has 0 aromatic heterocycles. The number of nitro benzene ring substituents is 1. The minimum Gasteiger partial charge on any atom is -0.368 e. The summed E-state index contributed by atoms with van der Waals surface area (Å²) in [5, 5.41) is 16.4. The van der Waals surface area contributed by atoms with E-state index in [0.29, 0.717) is 25.3 Å². The van der Waals surface area contributed by atoms with Crippen molar-refractivity contribution in [3.63, 3.8) is 0 Å². The van der Waals surface area contributed by atoms with Gasteiger partial charge in [-0.1, -0.05) is 6.07 Å². The molecule has 0 spiro atoms. The molecule has 9 heteroatoms. The Morgan fingerprint density at radius 2 is 1.76 bits per heavy atom. The molecule has 0 unspecified atom stereocenters. The summed E-state index contributed by atoms with van der Waals surface area (Å²) in [7, 11) is 0. The van der Waals surface area contributed by atoms with Crippen LogP contribution in [0.15, 0.2) is 48.5 Å². The number of nitrogens with zero attached hydrogens (tertiary/aromatic N) is 3. The molecule has 0 bridgehead atoms. The second kappa shape index (κ2) is 9.05. The average Bonchev–Trinajstić information content (AvgIpc) is 2.74. The second-order valence-electron chi connectivity index (χ2n) is 6.62. The van der Waals surface area contributed by atoms with Crippen molar-refractivity contribution >= 4 is 29.0 Å². The topological polar surface area (TPSA) is 108 Å². The normalized spacial score (nSPS) is 13.7. The first-order valence-electron chi connectivity index (χ1n) is 9.41. The van der Waals surface area contributed by atoms with E-state index in [1.54, 1.807) is 17.0 Å². The minimum absolute atomic E-state index is 0.0358. The molecule has 1 heterocycles. The number of carbonyl (C=O) groups is 2. The van der Waals surface area contributed by atoms with Gasteiger partial charge in [0.15, 0.2) is 0 Å². The molecule has 152 valence electrons. The molecule has 2 N–H and O–H groups in total. The minimum atomic E-state index is -0.531. The lowest BCUT2D eigenvalue weighted by molar-refractivity contribution is -0.384. The van der Waals surface area contributed by atoms with Gasteiger partial charge in [-0.3, -0.25) is 14.9 Å². The molecule has 3 rings (SSSR count). The summed E-state index contributed by atoms with van der Waals surface area (Å²) in [6.45, 7) is 5.28. The zero-order valence-corrected chi connectivity index (χ0v) is 16.1. The number of hydrogen-bond donors (Lipinski definition) is 2. The van der Waals surface area contributed by atoms with Crippen LogP contribution in [0.4, 0.5) is 21.9 Å². The zero-order chi connectivity index (χ0) is 20.8. The molecular formula is C20H23N5O4. The van der Waals surface area contributed by atoms with Crippen LogP contribution < -0.4 is 15.5 Å². The first-order chi connectivity index (χ1) is 14.0. The van der Waals surface area contributed by atoms with Crippen molar-refractivity contribution < 1.29 is 14.5 Å². The summed E-state index contributed by atoms with van der Waals surface area (Å²) >= 11 is 0. The van der Waals surface area contributed by atoms with E-state index in [4.69, 9.17) is 0 Å². The van der Waals surface area contributed by atoms with E-state index >= 15 is 0 Å². The molecule has 2 aromatic carbocycles. The molecule has 0 saturated carbocycles. The number of urea groups is 1. The van der Waals surface area contributed by atoms with E-state index < -0.39 is 10.8 Å². The first-order valence-corrected chi connectivity index (χ1v) is 9.41. The average molecular weight is 397 g/mol. The van der Waals surface area contributed by atoms with E-state index in [1.807, 2.05) is 19.1 Å². The Morgan fingerprint density at radius 1 is 1.07 bits per heavy atom. The van der Waals surface area contributed by atoms with E-state index in [9.17, 15) is 19.7 Å². The molecule has 9 nitrogen and oxygen atoms in total. The monoisotopic (exact) mass is 397 g/mol. The van der Waals surface area contributed by atoms with Crippen LogP contribution in [0.1, 0.15) is 17.3 Å². The number of nitro groups is 1. The molecule has 0 aliphatic carbocycles. The summed E-state index contributed by atoms with van der Waals surface area (Å²) in [6.07, 6.45) is 0. The van der Waals surface area contributed by atoms with Crippen molar-refractivity contribution in [2.45, 2.75) is 6.92 Å². The predicted molar refractivity (Wildman–Crippen MR) is 110 cm³/mol. The number of piperazine rings is 1. The van der Waals surface area contributed by atoms with Crippen LogP contribution in [0.5, 0.6) is 0 Å². The third-order valence-electron chi connectivity index (χ3n) is 4.70. The van der Waals surface area contributed by atoms with Gasteiger partial charge in [-0.2, -0.15) is 0 Å². The highest BCUT2D eigenvalue weighted by molar-refractivity contribution is 6.04. The quantitative estimate of drug-likeness (QED) is 0.596. The van der Waals surface area contributed by atoms with Crippen molar-refractivity contribution in [3.8, 4) is 0 Å². The number of carbonyl (C=O) groups excluding carboxylic acids is 2. The van der Waals surface area contributed by atoms with Gasteiger partial charge in [0.1, 0.15) is 0 Å². The Labute approximate surface area is 168 Å². The van der Waals surface area contributed by atoms with Crippen molar-refractivity contribution in [2.24, 2.45) is 0 Å². The SMILES string of the molecule is CCNC(=O)N1CCN(c2ccc(NC(=O)c3cccc([N+](=O)[O-])c3)cc2)CC1. The van der Waals surface area contributed by atoms with Gasteiger partial charge in [-0.15, -0.1) is 0 Å². The fourth-order valence-corrected chi connectivity index (χ4v) is 3.15. The van der Waals surface area contributed by atoms with Gasteiger partial charge >= 0.3 is 6.03 Å². The van der Waals surface area contributed by atoms with Gasteiger partial charge in [0.2, 0.25) is 0 Å². The van der Waals surface area contributed by atoms with Crippen LogP contribution >= 0.6 is 0 Å². The fraction of sp³-hybridized carbons (Fsp3) is 0.300. The van der Waals surface area contributed by atoms with Crippen LogP contribution in [0.3, 0.4) is 0 Å². The Bertz CT molecular complexity index is 892. The Balaban J connectivity index is 1.58. The lowest BCUT2D eigenvalue weighted by Crippen LogP contribution is -2.51. The molecule has 1 saturated heterocycles. The molecular weight excluding hydrogens is 374 g/mol. The van der Waals surface area contributed by atoms with Gasteiger partial charge in [0.25, 0.3) is 11.6 Å². The largest absolute Gasteiger partial charge is 0.368 e. The standard InChI is InChI=1S/C20H23N5O4/c1-2-21-20(27)24-12-10-23(11-13-24)17-8-6-16(7-9-17)22-19(26)15-4-3-5-18(14-15)25(28)29/h3-9,14H,2,10-13H2,1H3,(H,21,27)(H,22,26). The highest BCUT2D eigenvalue weighted by Gasteiger charge is 2.20. The Hall–Kier alpha value is -3.62. The first kappa shape index (κ1) is 20.1. The van der Waals surface area contributed by atoms with Crippen molar-refractivity contribution in [3.05, 3.63) is 64.2 Å². The number of rotatable bonds is 5. The second-order valence-corrected chi connectivity index (χ2v) is 6.62. The summed E-state index contributed by atoms with van der Waals surface area (Å²) in [4.78, 5) is 38.5. The Kier molecular flexibility index (Phi) is 6.28. The predicted octanol–water partition coefficient (Wildman–Crippen LogP) is 2.70. The highest BCUT2D eigenvalue weighted by Crippen LogP contribution is 2.21. The van der Waals surface area contributed by atoms with E-state index in [2.05, 4.69) is 15.5 Å². The number of non-ortho nitro benzene ring substituents is 1. The Morgan fingerprint density at radius 3 is 2.38 bits per heavy atom. The lowest BCUT2D eigenvalue weighted by Gasteiger charge is -2.36. The zero-order valence-electron chi connectivity index (χ0n) is 16.1. The van der Waals surface area contributed by atoms with Gasteiger partial charge in [-0.05, 0) is 37.3 Å². The van der Waals surface area contributed by atoms with Crippen LogP contribution in [0.25, 0.3) is 0 Å². The number of amides is 3. The van der Waals surface area contributed by atoms with Gasteiger partial charge in [-0.25, -0.2) is 4.79 Å². The number of nitrogens with one attached hydrogen (secondary N) is 2. The lowest BCUT2D eigenvalue weighted by atomic mass is 10.1. The maximum atomic E-state index is 12.3. The molecule has 1 aliphatic rings. The van der Waals surface area contributed by atoms with E-state index in [0.717, 1.165) is 18.8 Å². The van der Waals surface area contributed by atoms with Gasteiger partial charge in [0, 0.05) is 61.8 Å². The molecule has 1 fully saturated rings. The molecule has 3 amide bonds. The van der Waals surface area contributed by atoms with Gasteiger partial charge < -0.3 is 20.4 Å². The number of hydrogen-bond acceptors (Lipinski definition) is 5. The summed E-state index contributed by atoms with van der Waals surface area (Å²) in [6, 6.07) is 13.0. The van der Waals surface area contributed by atoms with E-state index in [1.165, 1.54) is 24.3 Å². The molecule has 0 atom stereocenters. The third-order valence-corrected chi connectivity index (χ3v) is 4.70.